The van der Waals surface area contributed by atoms with Crippen LogP contribution in [0.25, 0.3) is 0 Å². The molecular formula is C19H33N3O2. The highest BCUT2D eigenvalue weighted by Gasteiger charge is 1.98. The molecule has 1 aromatic rings. The summed E-state index contributed by atoms with van der Waals surface area (Å²) in [5, 5.41) is 6.53. The maximum Gasteiger partial charge on any atom is 0.191 e. The number of nitrogens with zero attached hydrogens (tertiary/aromatic N) is 1. The van der Waals surface area contributed by atoms with Gasteiger partial charge < -0.3 is 20.1 Å². The molecule has 0 fully saturated rings. The second kappa shape index (κ2) is 13.8. The van der Waals surface area contributed by atoms with Crippen LogP contribution in [0.4, 0.5) is 0 Å². The Morgan fingerprint density at radius 2 is 1.67 bits per heavy atom. The van der Waals surface area contributed by atoms with E-state index >= 15 is 0 Å². The van der Waals surface area contributed by atoms with Gasteiger partial charge in [0, 0.05) is 19.7 Å². The molecule has 0 bridgehead atoms. The third-order valence-corrected chi connectivity index (χ3v) is 3.44. The molecule has 0 radical (unpaired) electrons. The SMILES string of the molecule is CCCCOCCOCCNC(=NCc1ccc(C)cc1)NCC. The Morgan fingerprint density at radius 3 is 2.33 bits per heavy atom. The highest BCUT2D eigenvalue weighted by Crippen LogP contribution is 2.04. The molecular weight excluding hydrogens is 302 g/mol. The fourth-order valence-electron chi connectivity index (χ4n) is 2.02. The molecule has 24 heavy (non-hydrogen) atoms. The molecule has 0 spiro atoms. The first-order valence-electron chi connectivity index (χ1n) is 8.99. The molecule has 0 aliphatic heterocycles. The normalized spacial score (nSPS) is 11.5. The van der Waals surface area contributed by atoms with Crippen LogP contribution in [0, 0.1) is 6.92 Å². The lowest BCUT2D eigenvalue weighted by Crippen LogP contribution is -2.39. The van der Waals surface area contributed by atoms with E-state index in [-0.39, 0.29) is 0 Å². The van der Waals surface area contributed by atoms with Crippen molar-refractivity contribution in [3.05, 3.63) is 35.4 Å². The monoisotopic (exact) mass is 335 g/mol. The Bertz CT molecular complexity index is 446. The van der Waals surface area contributed by atoms with E-state index in [2.05, 4.69) is 60.7 Å². The Balaban J connectivity index is 2.18. The number of unbranched alkanes of at least 4 members (excludes halogenated alkanes) is 1. The first-order valence-corrected chi connectivity index (χ1v) is 8.99. The van der Waals surface area contributed by atoms with Gasteiger partial charge in [-0.3, -0.25) is 0 Å². The van der Waals surface area contributed by atoms with Gasteiger partial charge in [0.25, 0.3) is 0 Å². The molecule has 0 atom stereocenters. The lowest BCUT2D eigenvalue weighted by molar-refractivity contribution is 0.0487. The van der Waals surface area contributed by atoms with E-state index in [9.17, 15) is 0 Å². The lowest BCUT2D eigenvalue weighted by Gasteiger charge is -2.11. The van der Waals surface area contributed by atoms with Crippen molar-refractivity contribution in [2.75, 3.05) is 39.5 Å². The summed E-state index contributed by atoms with van der Waals surface area (Å²) < 4.78 is 11.0. The van der Waals surface area contributed by atoms with Crippen molar-refractivity contribution < 1.29 is 9.47 Å². The van der Waals surface area contributed by atoms with Crippen LogP contribution in [0.2, 0.25) is 0 Å². The number of rotatable bonds is 12. The largest absolute Gasteiger partial charge is 0.379 e. The quantitative estimate of drug-likeness (QED) is 0.350. The van der Waals surface area contributed by atoms with Gasteiger partial charge in [-0.1, -0.05) is 43.2 Å². The van der Waals surface area contributed by atoms with Crippen LogP contribution in [-0.2, 0) is 16.0 Å². The minimum absolute atomic E-state index is 0.641. The van der Waals surface area contributed by atoms with Crippen molar-refractivity contribution in [2.24, 2.45) is 4.99 Å². The molecule has 5 nitrogen and oxygen atoms in total. The average Bonchev–Trinajstić information content (AvgIpc) is 2.59. The summed E-state index contributed by atoms with van der Waals surface area (Å²) in [6.07, 6.45) is 2.28. The molecule has 0 aromatic heterocycles. The number of hydrogen-bond acceptors (Lipinski definition) is 3. The number of aliphatic imine (C=N–C) groups is 1. The van der Waals surface area contributed by atoms with Crippen molar-refractivity contribution >= 4 is 5.96 Å². The maximum absolute atomic E-state index is 5.55. The predicted octanol–water partition coefficient (Wildman–Crippen LogP) is 2.88. The van der Waals surface area contributed by atoms with Gasteiger partial charge in [0.2, 0.25) is 0 Å². The third kappa shape index (κ3) is 10.2. The fraction of sp³-hybridized carbons (Fsp3) is 0.632. The Kier molecular flexibility index (Phi) is 11.8. The Morgan fingerprint density at radius 1 is 0.958 bits per heavy atom. The zero-order valence-corrected chi connectivity index (χ0v) is 15.4. The van der Waals surface area contributed by atoms with Crippen LogP contribution in [0.5, 0.6) is 0 Å². The van der Waals surface area contributed by atoms with Crippen LogP contribution in [0.15, 0.2) is 29.3 Å². The predicted molar refractivity (Wildman–Crippen MR) is 101 cm³/mol. The zero-order valence-electron chi connectivity index (χ0n) is 15.4. The van der Waals surface area contributed by atoms with E-state index in [1.807, 2.05) is 0 Å². The average molecular weight is 335 g/mol. The minimum atomic E-state index is 0.641. The van der Waals surface area contributed by atoms with Crippen molar-refractivity contribution in [3.8, 4) is 0 Å². The summed E-state index contributed by atoms with van der Waals surface area (Å²) in [4.78, 5) is 4.60. The second-order valence-corrected chi connectivity index (χ2v) is 5.69. The summed E-state index contributed by atoms with van der Waals surface area (Å²) in [6, 6.07) is 8.46. The van der Waals surface area contributed by atoms with Gasteiger partial charge in [-0.25, -0.2) is 4.99 Å². The van der Waals surface area contributed by atoms with Crippen LogP contribution in [0.3, 0.4) is 0 Å². The molecule has 0 saturated carbocycles. The lowest BCUT2D eigenvalue weighted by atomic mass is 10.1. The van der Waals surface area contributed by atoms with Crippen LogP contribution < -0.4 is 10.6 Å². The molecule has 0 saturated heterocycles. The number of benzene rings is 1. The van der Waals surface area contributed by atoms with Gasteiger partial charge >= 0.3 is 0 Å². The van der Waals surface area contributed by atoms with Crippen molar-refractivity contribution in [2.45, 2.75) is 40.2 Å². The zero-order chi connectivity index (χ0) is 17.5. The third-order valence-electron chi connectivity index (χ3n) is 3.44. The Labute approximate surface area is 146 Å². The van der Waals surface area contributed by atoms with Gasteiger partial charge in [-0.05, 0) is 25.8 Å². The highest BCUT2D eigenvalue weighted by atomic mass is 16.5. The Hall–Kier alpha value is -1.59. The maximum atomic E-state index is 5.55. The second-order valence-electron chi connectivity index (χ2n) is 5.69. The molecule has 0 aliphatic rings. The van der Waals surface area contributed by atoms with E-state index in [0.29, 0.717) is 26.4 Å². The standard InChI is InChI=1S/C19H33N3O2/c1-4-6-12-23-14-15-24-13-11-21-19(20-5-2)22-16-18-9-7-17(3)8-10-18/h7-10H,4-6,11-16H2,1-3H3,(H2,20,21,22). The molecule has 0 amide bonds. The van der Waals surface area contributed by atoms with E-state index < -0.39 is 0 Å². The number of ether oxygens (including phenoxy) is 2. The molecule has 0 heterocycles. The first kappa shape index (κ1) is 20.5. The number of hydrogen-bond donors (Lipinski definition) is 2. The topological polar surface area (TPSA) is 54.9 Å². The van der Waals surface area contributed by atoms with Crippen molar-refractivity contribution in [3.63, 3.8) is 0 Å². The molecule has 2 N–H and O–H groups in total. The summed E-state index contributed by atoms with van der Waals surface area (Å²) in [6.45, 7) is 11.3. The van der Waals surface area contributed by atoms with Crippen LogP contribution in [0.1, 0.15) is 37.8 Å². The molecule has 136 valence electrons. The molecule has 5 heteroatoms. The highest BCUT2D eigenvalue weighted by molar-refractivity contribution is 5.79. The minimum Gasteiger partial charge on any atom is -0.379 e. The first-order chi connectivity index (χ1) is 11.8. The number of nitrogens with one attached hydrogen (secondary N) is 2. The van der Waals surface area contributed by atoms with Gasteiger partial charge in [0.15, 0.2) is 5.96 Å². The van der Waals surface area contributed by atoms with Crippen molar-refractivity contribution in [1.29, 1.82) is 0 Å². The number of aryl methyl sites for hydroxylation is 1. The van der Waals surface area contributed by atoms with Crippen molar-refractivity contribution in [1.82, 2.24) is 10.6 Å². The van der Waals surface area contributed by atoms with E-state index in [1.165, 1.54) is 17.5 Å². The van der Waals surface area contributed by atoms with Gasteiger partial charge in [-0.2, -0.15) is 0 Å². The van der Waals surface area contributed by atoms with Gasteiger partial charge in [-0.15, -0.1) is 0 Å². The molecule has 1 rings (SSSR count). The summed E-state index contributed by atoms with van der Waals surface area (Å²) in [5.41, 5.74) is 2.47. The van der Waals surface area contributed by atoms with E-state index in [4.69, 9.17) is 9.47 Å². The molecule has 1 aromatic carbocycles. The smallest absolute Gasteiger partial charge is 0.191 e. The fourth-order valence-corrected chi connectivity index (χ4v) is 2.02. The van der Waals surface area contributed by atoms with Crippen LogP contribution >= 0.6 is 0 Å². The molecule has 0 unspecified atom stereocenters. The summed E-state index contributed by atoms with van der Waals surface area (Å²) in [5.74, 6) is 0.820. The number of guanidine groups is 1. The summed E-state index contributed by atoms with van der Waals surface area (Å²) >= 11 is 0. The van der Waals surface area contributed by atoms with E-state index in [1.54, 1.807) is 0 Å². The van der Waals surface area contributed by atoms with Crippen LogP contribution in [-0.4, -0.2) is 45.5 Å². The van der Waals surface area contributed by atoms with Gasteiger partial charge in [0.1, 0.15) is 0 Å². The molecule has 0 aliphatic carbocycles. The van der Waals surface area contributed by atoms with Gasteiger partial charge in [0.05, 0.1) is 26.4 Å². The van der Waals surface area contributed by atoms with E-state index in [0.717, 1.165) is 32.1 Å². The summed E-state index contributed by atoms with van der Waals surface area (Å²) in [7, 11) is 0.